The van der Waals surface area contributed by atoms with Gasteiger partial charge in [-0.25, -0.2) is 0 Å². The third-order valence-corrected chi connectivity index (χ3v) is 10.2. The maximum Gasteiger partial charge on any atom is 0.306 e. The Labute approximate surface area is 165 Å². The van der Waals surface area contributed by atoms with Crippen molar-refractivity contribution in [3.05, 3.63) is 11.6 Å². The van der Waals surface area contributed by atoms with Gasteiger partial charge in [0.1, 0.15) is 5.60 Å². The molecule has 5 aliphatic rings. The average molecular weight is 391 g/mol. The topological polar surface area (TPSA) is 63.6 Å². The molecule has 1 heterocycles. The first-order chi connectivity index (χ1) is 12.8. The third kappa shape index (κ3) is 2.27. The molecule has 0 bridgehead atoms. The largest absolute Gasteiger partial charge is 0.458 e. The molecule has 0 aromatic rings. The highest BCUT2D eigenvalue weighted by Gasteiger charge is 2.68. The lowest BCUT2D eigenvalue weighted by molar-refractivity contribution is -0.167. The van der Waals surface area contributed by atoms with Crippen LogP contribution in [0.25, 0.3) is 0 Å². The van der Waals surface area contributed by atoms with E-state index in [0.29, 0.717) is 30.6 Å². The average Bonchev–Trinajstić information content (AvgIpc) is 3.16. The van der Waals surface area contributed by atoms with E-state index < -0.39 is 0 Å². The van der Waals surface area contributed by atoms with Crippen LogP contribution in [0.4, 0.5) is 0 Å². The molecular weight excluding hydrogens is 360 g/mol. The molecule has 0 aromatic carbocycles. The Balaban J connectivity index is 1.54. The Hall–Kier alpha value is -0.810. The van der Waals surface area contributed by atoms with Gasteiger partial charge in [-0.1, -0.05) is 19.4 Å². The number of carbonyl (C=O) groups excluding carboxylic acids is 2. The predicted octanol–water partition coefficient (Wildman–Crippen LogP) is 4.78. The van der Waals surface area contributed by atoms with Crippen molar-refractivity contribution in [3.8, 4) is 0 Å². The van der Waals surface area contributed by atoms with Gasteiger partial charge in [-0.3, -0.25) is 9.59 Å². The molecule has 0 aromatic heterocycles. The quantitative estimate of drug-likeness (QED) is 0.516. The number of ether oxygens (including phenoxy) is 1. The predicted molar refractivity (Wildman–Crippen MR) is 104 cm³/mol. The third-order valence-electron chi connectivity index (χ3n) is 9.43. The van der Waals surface area contributed by atoms with Crippen molar-refractivity contribution in [3.63, 3.8) is 0 Å². The summed E-state index contributed by atoms with van der Waals surface area (Å²) < 4.78 is 16.2. The van der Waals surface area contributed by atoms with Gasteiger partial charge in [-0.2, -0.15) is 0 Å². The molecule has 0 amide bonds. The number of esters is 1. The summed E-state index contributed by atoms with van der Waals surface area (Å²) in [6.07, 6.45) is 10.0. The lowest BCUT2D eigenvalue weighted by atomic mass is 9.46. The smallest absolute Gasteiger partial charge is 0.306 e. The van der Waals surface area contributed by atoms with Crippen LogP contribution < -0.4 is 0 Å². The van der Waals surface area contributed by atoms with Gasteiger partial charge in [-0.15, -0.1) is 0 Å². The first-order valence-corrected chi connectivity index (χ1v) is 11.4. The fraction of sp³-hybridized carbons (Fsp3) is 0.818. The number of carbonyl (C=O) groups is 2. The second-order valence-corrected chi connectivity index (χ2v) is 11.0. The van der Waals surface area contributed by atoms with Crippen molar-refractivity contribution < 1.29 is 18.9 Å². The highest BCUT2D eigenvalue weighted by atomic mass is 32.2. The normalized spacial score (nSPS) is 51.4. The summed E-state index contributed by atoms with van der Waals surface area (Å²) in [4.78, 5) is 24.0. The summed E-state index contributed by atoms with van der Waals surface area (Å²) >= 11 is 1.01. The van der Waals surface area contributed by atoms with Crippen molar-refractivity contribution >= 4 is 23.8 Å². The minimum atomic E-state index is -0.274. The van der Waals surface area contributed by atoms with E-state index in [-0.39, 0.29) is 33.4 Å². The second kappa shape index (κ2) is 5.85. The molecule has 1 spiro atoms. The molecule has 5 rings (SSSR count). The molecule has 27 heavy (non-hydrogen) atoms. The fourth-order valence-electron chi connectivity index (χ4n) is 7.90. The van der Waals surface area contributed by atoms with Gasteiger partial charge < -0.3 is 9.29 Å². The van der Waals surface area contributed by atoms with Crippen molar-refractivity contribution in [2.75, 3.05) is 0 Å². The highest BCUT2D eigenvalue weighted by Crippen LogP contribution is 2.70. The van der Waals surface area contributed by atoms with Crippen LogP contribution in [0.3, 0.4) is 0 Å². The maximum atomic E-state index is 12.1. The Morgan fingerprint density at radius 3 is 2.56 bits per heavy atom. The van der Waals surface area contributed by atoms with Crippen molar-refractivity contribution in [1.82, 2.24) is 0 Å². The van der Waals surface area contributed by atoms with Gasteiger partial charge in [0, 0.05) is 23.5 Å². The molecule has 1 saturated heterocycles. The summed E-state index contributed by atoms with van der Waals surface area (Å²) in [5.74, 6) is 1.66. The highest BCUT2D eigenvalue weighted by molar-refractivity contribution is 7.94. The molecule has 148 valence electrons. The molecule has 3 saturated carbocycles. The number of ketones is 1. The van der Waals surface area contributed by atoms with Crippen molar-refractivity contribution in [1.29, 1.82) is 0 Å². The van der Waals surface area contributed by atoms with E-state index in [9.17, 15) is 14.1 Å². The van der Waals surface area contributed by atoms with Crippen LogP contribution in [0.2, 0.25) is 0 Å². The molecule has 4 aliphatic carbocycles. The Morgan fingerprint density at radius 2 is 1.85 bits per heavy atom. The zero-order valence-electron chi connectivity index (χ0n) is 16.3. The Morgan fingerprint density at radius 1 is 1.07 bits per heavy atom. The van der Waals surface area contributed by atoms with E-state index in [0.717, 1.165) is 57.0 Å². The number of hydrogen-bond donors (Lipinski definition) is 1. The standard InChI is InChI=1S/C22H30O4S/c1-20-7-3-14(23)11-13(20)12-17(27-25)19-15(20)4-8-21(2)16(19)5-9-22(21)10-6-18(24)26-22/h11,15-17,19,25H,3-10,12H2,1-2H3/t15-,16-,17+,19+,20+,21+,22+/m0/s1. The van der Waals surface area contributed by atoms with Crippen LogP contribution in [0.5, 0.6) is 0 Å². The van der Waals surface area contributed by atoms with E-state index in [1.54, 1.807) is 0 Å². The van der Waals surface area contributed by atoms with Crippen molar-refractivity contribution in [2.45, 2.75) is 82.5 Å². The first kappa shape index (κ1) is 18.2. The molecular formula is C22H30O4S. The molecule has 0 unspecified atom stereocenters. The maximum absolute atomic E-state index is 12.1. The van der Waals surface area contributed by atoms with E-state index >= 15 is 0 Å². The molecule has 1 N–H and O–H groups in total. The lowest BCUT2D eigenvalue weighted by Gasteiger charge is -2.60. The van der Waals surface area contributed by atoms with E-state index in [2.05, 4.69) is 13.8 Å². The zero-order valence-corrected chi connectivity index (χ0v) is 17.1. The first-order valence-electron chi connectivity index (χ1n) is 10.6. The second-order valence-electron chi connectivity index (χ2n) is 10.2. The van der Waals surface area contributed by atoms with Crippen LogP contribution in [0, 0.1) is 28.6 Å². The van der Waals surface area contributed by atoms with E-state index in [1.807, 2.05) is 6.08 Å². The minimum absolute atomic E-state index is 0.0242. The molecule has 4 nitrogen and oxygen atoms in total. The van der Waals surface area contributed by atoms with Gasteiger partial charge in [0.05, 0.1) is 0 Å². The Kier molecular flexibility index (Phi) is 3.95. The molecule has 1 aliphatic heterocycles. The minimum Gasteiger partial charge on any atom is -0.458 e. The van der Waals surface area contributed by atoms with Crippen LogP contribution in [0.15, 0.2) is 11.6 Å². The van der Waals surface area contributed by atoms with Gasteiger partial charge in [-0.05, 0) is 86.2 Å². The van der Waals surface area contributed by atoms with Crippen LogP contribution in [-0.2, 0) is 14.3 Å². The number of rotatable bonds is 1. The fourth-order valence-corrected chi connectivity index (χ4v) is 8.68. The van der Waals surface area contributed by atoms with Gasteiger partial charge in [0.25, 0.3) is 0 Å². The number of hydrogen-bond acceptors (Lipinski definition) is 5. The van der Waals surface area contributed by atoms with Gasteiger partial charge in [0.15, 0.2) is 5.78 Å². The summed E-state index contributed by atoms with van der Waals surface area (Å²) in [5, 5.41) is 0.150. The monoisotopic (exact) mass is 390 g/mol. The Bertz CT molecular complexity index is 732. The number of fused-ring (bicyclic) bond motifs is 6. The van der Waals surface area contributed by atoms with Crippen molar-refractivity contribution in [2.24, 2.45) is 28.6 Å². The summed E-state index contributed by atoms with van der Waals surface area (Å²) in [7, 11) is 0. The van der Waals surface area contributed by atoms with Gasteiger partial charge >= 0.3 is 5.97 Å². The van der Waals surface area contributed by atoms with Crippen LogP contribution >= 0.6 is 12.0 Å². The molecule has 0 radical (unpaired) electrons. The summed E-state index contributed by atoms with van der Waals surface area (Å²) in [5.41, 5.74) is 1.12. The molecule has 5 heteroatoms. The summed E-state index contributed by atoms with van der Waals surface area (Å²) in [6.45, 7) is 4.72. The van der Waals surface area contributed by atoms with Gasteiger partial charge in [0.2, 0.25) is 0 Å². The lowest BCUT2D eigenvalue weighted by Crippen LogP contribution is -2.57. The molecule has 4 fully saturated rings. The van der Waals surface area contributed by atoms with E-state index in [1.165, 1.54) is 5.57 Å². The molecule has 7 atom stereocenters. The summed E-state index contributed by atoms with van der Waals surface area (Å²) in [6, 6.07) is 0. The zero-order chi connectivity index (χ0) is 19.0. The van der Waals surface area contributed by atoms with Crippen LogP contribution in [-0.4, -0.2) is 27.2 Å². The van der Waals surface area contributed by atoms with Crippen LogP contribution in [0.1, 0.15) is 71.6 Å². The van der Waals surface area contributed by atoms with E-state index in [4.69, 9.17) is 4.74 Å². The number of allylic oxidation sites excluding steroid dienone is 1. The SMILES string of the molecule is C[C@@]12CCC(=O)C=C1C[C@@H](SO)[C@@H]1[C@@H]2CC[C@]2(C)[C@H]1CC[C@@]21CCC(=O)O1.